The molecule has 1 unspecified atom stereocenters. The lowest BCUT2D eigenvalue weighted by Gasteiger charge is -2.32. The maximum Gasteiger partial charge on any atom is 0.0863 e. The summed E-state index contributed by atoms with van der Waals surface area (Å²) in [5.41, 5.74) is 2.16. The Bertz CT molecular complexity index is 449. The van der Waals surface area contributed by atoms with E-state index in [-0.39, 0.29) is 0 Å². The van der Waals surface area contributed by atoms with Gasteiger partial charge in [-0.05, 0) is 52.1 Å². The number of aryl methyl sites for hydroxylation is 2. The summed E-state index contributed by atoms with van der Waals surface area (Å²) in [6.07, 6.45) is 3.51. The summed E-state index contributed by atoms with van der Waals surface area (Å²) < 4.78 is 1.95. The van der Waals surface area contributed by atoms with Gasteiger partial charge in [-0.15, -0.1) is 0 Å². The van der Waals surface area contributed by atoms with Gasteiger partial charge in [0.15, 0.2) is 0 Å². The molecule has 0 saturated carbocycles. The Morgan fingerprint density at radius 1 is 1.48 bits per heavy atom. The minimum atomic E-state index is 0.517. The molecule has 0 aromatic carbocycles. The van der Waals surface area contributed by atoms with Crippen molar-refractivity contribution < 1.29 is 0 Å². The Kier molecular flexibility index (Phi) is 6.08. The zero-order chi connectivity index (χ0) is 15.4. The van der Waals surface area contributed by atoms with Gasteiger partial charge in [0.05, 0.1) is 16.4 Å². The molecule has 1 aliphatic rings. The number of aromatic nitrogens is 2. The highest BCUT2D eigenvalue weighted by molar-refractivity contribution is 6.31. The molecule has 1 aromatic heterocycles. The average molecular weight is 313 g/mol. The first-order valence-corrected chi connectivity index (χ1v) is 8.55. The van der Waals surface area contributed by atoms with Gasteiger partial charge in [0.1, 0.15) is 0 Å². The molecule has 4 nitrogen and oxygen atoms in total. The first-order chi connectivity index (χ1) is 10.0. The van der Waals surface area contributed by atoms with Crippen molar-refractivity contribution in [3.63, 3.8) is 0 Å². The summed E-state index contributed by atoms with van der Waals surface area (Å²) in [6, 6.07) is 0.517. The normalized spacial score (nSPS) is 19.7. The lowest BCUT2D eigenvalue weighted by atomic mass is 9.98. The van der Waals surface area contributed by atoms with Crippen molar-refractivity contribution in [2.24, 2.45) is 13.0 Å². The van der Waals surface area contributed by atoms with E-state index in [1.807, 2.05) is 11.7 Å². The van der Waals surface area contributed by atoms with Gasteiger partial charge in [-0.25, -0.2) is 0 Å². The van der Waals surface area contributed by atoms with Gasteiger partial charge in [-0.3, -0.25) is 9.58 Å². The first kappa shape index (κ1) is 16.8. The molecule has 0 aliphatic carbocycles. The van der Waals surface area contributed by atoms with E-state index < -0.39 is 0 Å². The van der Waals surface area contributed by atoms with E-state index in [0.29, 0.717) is 6.04 Å². The van der Waals surface area contributed by atoms with Crippen LogP contribution in [0.5, 0.6) is 0 Å². The van der Waals surface area contributed by atoms with Gasteiger partial charge in [0.25, 0.3) is 0 Å². The number of hydrogen-bond donors (Lipinski definition) is 1. The number of hydrogen-bond acceptors (Lipinski definition) is 3. The van der Waals surface area contributed by atoms with Crippen LogP contribution in [0.25, 0.3) is 0 Å². The molecule has 0 bridgehead atoms. The summed E-state index contributed by atoms with van der Waals surface area (Å²) in [5.74, 6) is 0.749. The average Bonchev–Trinajstić information content (AvgIpc) is 2.74. The van der Waals surface area contributed by atoms with Gasteiger partial charge >= 0.3 is 0 Å². The van der Waals surface area contributed by atoms with Crippen molar-refractivity contribution in [2.45, 2.75) is 52.6 Å². The molecule has 1 fully saturated rings. The van der Waals surface area contributed by atoms with Crippen LogP contribution >= 0.6 is 11.6 Å². The predicted molar refractivity (Wildman–Crippen MR) is 88.7 cm³/mol. The van der Waals surface area contributed by atoms with E-state index in [1.165, 1.54) is 19.4 Å². The summed E-state index contributed by atoms with van der Waals surface area (Å²) in [5, 5.41) is 8.90. The molecule has 1 N–H and O–H groups in total. The van der Waals surface area contributed by atoms with E-state index >= 15 is 0 Å². The molecule has 1 aromatic rings. The van der Waals surface area contributed by atoms with Crippen LogP contribution in [0.15, 0.2) is 0 Å². The summed E-state index contributed by atoms with van der Waals surface area (Å²) in [7, 11) is 2.00. The topological polar surface area (TPSA) is 33.1 Å². The third-order valence-corrected chi connectivity index (χ3v) is 4.91. The van der Waals surface area contributed by atoms with Crippen molar-refractivity contribution in [1.82, 2.24) is 20.0 Å². The van der Waals surface area contributed by atoms with Gasteiger partial charge in [-0.1, -0.05) is 18.5 Å². The largest absolute Gasteiger partial charge is 0.316 e. The number of rotatable bonds is 6. The molecular formula is C16H29ClN4. The van der Waals surface area contributed by atoms with Crippen LogP contribution in [-0.2, 0) is 20.0 Å². The van der Waals surface area contributed by atoms with E-state index in [0.717, 1.165) is 48.4 Å². The lowest BCUT2D eigenvalue weighted by Crippen LogP contribution is -2.41. The van der Waals surface area contributed by atoms with Crippen LogP contribution < -0.4 is 5.32 Å². The van der Waals surface area contributed by atoms with Gasteiger partial charge in [0, 0.05) is 26.2 Å². The van der Waals surface area contributed by atoms with E-state index in [9.17, 15) is 0 Å². The van der Waals surface area contributed by atoms with Crippen LogP contribution in [0.2, 0.25) is 5.02 Å². The van der Waals surface area contributed by atoms with Crippen LogP contribution in [0, 0.1) is 5.92 Å². The maximum absolute atomic E-state index is 6.50. The van der Waals surface area contributed by atoms with Crippen molar-refractivity contribution >= 4 is 11.6 Å². The highest BCUT2D eigenvalue weighted by Crippen LogP contribution is 2.24. The van der Waals surface area contributed by atoms with Crippen LogP contribution in [0.3, 0.4) is 0 Å². The minimum Gasteiger partial charge on any atom is -0.316 e. The molecule has 2 heterocycles. The minimum absolute atomic E-state index is 0.517. The SMILES string of the molecule is CCc1nn(C)c(CN(CC2CCCNC2)C(C)C)c1Cl. The van der Waals surface area contributed by atoms with Crippen molar-refractivity contribution in [3.8, 4) is 0 Å². The molecule has 0 spiro atoms. The molecule has 0 amide bonds. The number of nitrogens with one attached hydrogen (secondary N) is 1. The fourth-order valence-corrected chi connectivity index (χ4v) is 3.41. The summed E-state index contributed by atoms with van der Waals surface area (Å²) in [6.45, 7) is 11.0. The fraction of sp³-hybridized carbons (Fsp3) is 0.812. The second kappa shape index (κ2) is 7.61. The molecule has 5 heteroatoms. The van der Waals surface area contributed by atoms with Gasteiger partial charge in [0.2, 0.25) is 0 Å². The smallest absolute Gasteiger partial charge is 0.0863 e. The zero-order valence-electron chi connectivity index (χ0n) is 13.8. The summed E-state index contributed by atoms with van der Waals surface area (Å²) >= 11 is 6.50. The van der Waals surface area contributed by atoms with Gasteiger partial charge < -0.3 is 5.32 Å². The maximum atomic E-state index is 6.50. The molecule has 21 heavy (non-hydrogen) atoms. The lowest BCUT2D eigenvalue weighted by molar-refractivity contribution is 0.160. The van der Waals surface area contributed by atoms with Crippen molar-refractivity contribution in [1.29, 1.82) is 0 Å². The highest BCUT2D eigenvalue weighted by Gasteiger charge is 2.22. The van der Waals surface area contributed by atoms with Crippen molar-refractivity contribution in [3.05, 3.63) is 16.4 Å². The fourth-order valence-electron chi connectivity index (χ4n) is 3.05. The highest BCUT2D eigenvalue weighted by atomic mass is 35.5. The standard InChI is InChI=1S/C16H29ClN4/c1-5-14-16(17)15(20(4)19-14)11-21(12(2)3)10-13-7-6-8-18-9-13/h12-13,18H,5-11H2,1-4H3. The second-order valence-electron chi connectivity index (χ2n) is 6.42. The van der Waals surface area contributed by atoms with E-state index in [2.05, 4.69) is 36.1 Å². The monoisotopic (exact) mass is 312 g/mol. The van der Waals surface area contributed by atoms with E-state index in [1.54, 1.807) is 0 Å². The van der Waals surface area contributed by atoms with Crippen LogP contribution in [0.4, 0.5) is 0 Å². The third-order valence-electron chi connectivity index (χ3n) is 4.48. The van der Waals surface area contributed by atoms with Gasteiger partial charge in [-0.2, -0.15) is 5.10 Å². The number of nitrogens with zero attached hydrogens (tertiary/aromatic N) is 3. The second-order valence-corrected chi connectivity index (χ2v) is 6.80. The molecule has 1 aliphatic heterocycles. The predicted octanol–water partition coefficient (Wildman–Crippen LogP) is 2.85. The Morgan fingerprint density at radius 3 is 2.76 bits per heavy atom. The zero-order valence-corrected chi connectivity index (χ0v) is 14.6. The number of piperidine rings is 1. The van der Waals surface area contributed by atoms with Crippen LogP contribution in [0.1, 0.15) is 45.0 Å². The summed E-state index contributed by atoms with van der Waals surface area (Å²) in [4.78, 5) is 2.53. The Morgan fingerprint density at radius 2 is 2.24 bits per heavy atom. The third kappa shape index (κ3) is 4.21. The molecule has 2 rings (SSSR count). The van der Waals surface area contributed by atoms with Crippen LogP contribution in [-0.4, -0.2) is 40.4 Å². The van der Waals surface area contributed by atoms with E-state index in [4.69, 9.17) is 11.6 Å². The quantitative estimate of drug-likeness (QED) is 0.877. The van der Waals surface area contributed by atoms with Crippen molar-refractivity contribution in [2.75, 3.05) is 19.6 Å². The molecule has 1 saturated heterocycles. The Balaban J connectivity index is 2.07. The molecule has 120 valence electrons. The molecular weight excluding hydrogens is 284 g/mol. The molecule has 1 atom stereocenters. The number of halogens is 1. The Labute approximate surface area is 133 Å². The molecule has 0 radical (unpaired) electrons. The Hall–Kier alpha value is -0.580. The first-order valence-electron chi connectivity index (χ1n) is 8.17.